The zero-order valence-electron chi connectivity index (χ0n) is 18.2. The summed E-state index contributed by atoms with van der Waals surface area (Å²) in [6.07, 6.45) is 0. The first-order valence-corrected chi connectivity index (χ1v) is 9.92. The van der Waals surface area contributed by atoms with Crippen LogP contribution in [0.2, 0.25) is 0 Å². The molecule has 3 rings (SSSR count). The third-order valence-electron chi connectivity index (χ3n) is 6.09. The topological polar surface area (TPSA) is 127 Å². The Hall–Kier alpha value is -3.94. The SMILES string of the molecule is CC(C)(c1cccc(C(C)(C)c2ccc(O)c([N+](=O)[O-])c2)c1)c1ccc(O)c([N+](=O)[O-])c1. The van der Waals surface area contributed by atoms with Gasteiger partial charge in [-0.25, -0.2) is 0 Å². The number of phenols is 2. The molecule has 8 heteroatoms. The van der Waals surface area contributed by atoms with Crippen LogP contribution in [0.5, 0.6) is 11.5 Å². The summed E-state index contributed by atoms with van der Waals surface area (Å²) in [7, 11) is 0. The minimum atomic E-state index is -0.620. The first-order chi connectivity index (χ1) is 14.9. The lowest BCUT2D eigenvalue weighted by atomic mass is 9.73. The highest BCUT2D eigenvalue weighted by atomic mass is 16.6. The molecule has 0 unspecified atom stereocenters. The van der Waals surface area contributed by atoms with Crippen LogP contribution in [0.3, 0.4) is 0 Å². The quantitative estimate of drug-likeness (QED) is 0.384. The second kappa shape index (κ2) is 7.96. The van der Waals surface area contributed by atoms with Crippen LogP contribution in [0.25, 0.3) is 0 Å². The zero-order valence-corrected chi connectivity index (χ0v) is 18.2. The maximum absolute atomic E-state index is 11.3. The highest BCUT2D eigenvalue weighted by Gasteiger charge is 2.30. The van der Waals surface area contributed by atoms with Crippen molar-refractivity contribution in [3.05, 3.63) is 103 Å². The molecule has 0 aromatic heterocycles. The third kappa shape index (κ3) is 3.99. The Morgan fingerprint density at radius 1 is 0.625 bits per heavy atom. The fourth-order valence-corrected chi connectivity index (χ4v) is 3.75. The second-order valence-electron chi connectivity index (χ2n) is 8.75. The van der Waals surface area contributed by atoms with Gasteiger partial charge in [0, 0.05) is 23.0 Å². The van der Waals surface area contributed by atoms with Crippen LogP contribution in [0.4, 0.5) is 11.4 Å². The van der Waals surface area contributed by atoms with E-state index in [1.807, 2.05) is 52.0 Å². The summed E-state index contributed by atoms with van der Waals surface area (Å²) in [6.45, 7) is 7.72. The van der Waals surface area contributed by atoms with Crippen molar-refractivity contribution >= 4 is 11.4 Å². The van der Waals surface area contributed by atoms with Gasteiger partial charge in [0.25, 0.3) is 0 Å². The summed E-state index contributed by atoms with van der Waals surface area (Å²) in [4.78, 5) is 21.3. The molecule has 0 aliphatic rings. The van der Waals surface area contributed by atoms with Gasteiger partial charge in [0.2, 0.25) is 0 Å². The molecule has 0 aliphatic carbocycles. The summed E-state index contributed by atoms with van der Waals surface area (Å²) in [6, 6.07) is 16.4. The van der Waals surface area contributed by atoms with E-state index in [1.165, 1.54) is 24.3 Å². The number of nitrogens with zero attached hydrogens (tertiary/aromatic N) is 2. The Labute approximate surface area is 185 Å². The Morgan fingerprint density at radius 3 is 1.31 bits per heavy atom. The van der Waals surface area contributed by atoms with Crippen LogP contribution in [-0.4, -0.2) is 20.1 Å². The van der Waals surface area contributed by atoms with E-state index >= 15 is 0 Å². The van der Waals surface area contributed by atoms with Crippen molar-refractivity contribution in [2.75, 3.05) is 0 Å². The number of aromatic hydroxyl groups is 2. The minimum absolute atomic E-state index is 0.358. The minimum Gasteiger partial charge on any atom is -0.502 e. The van der Waals surface area contributed by atoms with E-state index in [1.54, 1.807) is 12.1 Å². The Bertz CT molecular complexity index is 1130. The molecular weight excluding hydrogens is 412 g/mol. The molecule has 32 heavy (non-hydrogen) atoms. The Morgan fingerprint density at radius 2 is 0.969 bits per heavy atom. The molecule has 3 aromatic rings. The molecule has 2 N–H and O–H groups in total. The van der Waals surface area contributed by atoms with E-state index in [-0.39, 0.29) is 11.4 Å². The number of phenolic OH excluding ortho intramolecular Hbond substituents is 2. The predicted octanol–water partition coefficient (Wildman–Crippen LogP) is 5.57. The van der Waals surface area contributed by atoms with Crippen LogP contribution >= 0.6 is 0 Å². The normalized spacial score (nSPS) is 11.9. The highest BCUT2D eigenvalue weighted by Crippen LogP contribution is 2.40. The van der Waals surface area contributed by atoms with Gasteiger partial charge >= 0.3 is 11.4 Å². The number of rotatable bonds is 6. The predicted molar refractivity (Wildman–Crippen MR) is 120 cm³/mol. The van der Waals surface area contributed by atoms with Crippen molar-refractivity contribution in [3.63, 3.8) is 0 Å². The van der Waals surface area contributed by atoms with Gasteiger partial charge in [0.05, 0.1) is 9.85 Å². The molecule has 0 saturated carbocycles. The van der Waals surface area contributed by atoms with Crippen molar-refractivity contribution in [2.45, 2.75) is 38.5 Å². The third-order valence-corrected chi connectivity index (χ3v) is 6.09. The van der Waals surface area contributed by atoms with Crippen LogP contribution in [0.15, 0.2) is 60.7 Å². The van der Waals surface area contributed by atoms with Crippen LogP contribution in [-0.2, 0) is 10.8 Å². The average Bonchev–Trinajstić information content (AvgIpc) is 2.73. The largest absolute Gasteiger partial charge is 0.502 e. The van der Waals surface area contributed by atoms with E-state index in [0.29, 0.717) is 11.1 Å². The highest BCUT2D eigenvalue weighted by molar-refractivity contribution is 5.54. The fourth-order valence-electron chi connectivity index (χ4n) is 3.75. The van der Waals surface area contributed by atoms with Crippen LogP contribution < -0.4 is 0 Å². The Balaban J connectivity index is 2.08. The average molecular weight is 436 g/mol. The van der Waals surface area contributed by atoms with Gasteiger partial charge in [-0.15, -0.1) is 0 Å². The molecule has 0 saturated heterocycles. The van der Waals surface area contributed by atoms with E-state index in [0.717, 1.165) is 11.1 Å². The van der Waals surface area contributed by atoms with Gasteiger partial charge in [0.1, 0.15) is 0 Å². The monoisotopic (exact) mass is 436 g/mol. The lowest BCUT2D eigenvalue weighted by Gasteiger charge is -2.30. The Kier molecular flexibility index (Phi) is 5.65. The fraction of sp³-hybridized carbons (Fsp3) is 0.250. The van der Waals surface area contributed by atoms with Gasteiger partial charge < -0.3 is 10.2 Å². The van der Waals surface area contributed by atoms with Crippen LogP contribution in [0, 0.1) is 20.2 Å². The van der Waals surface area contributed by atoms with Gasteiger partial charge in [-0.1, -0.05) is 64.1 Å². The van der Waals surface area contributed by atoms with E-state index in [4.69, 9.17) is 0 Å². The first kappa shape index (κ1) is 22.7. The molecule has 0 amide bonds. The molecule has 0 radical (unpaired) electrons. The number of benzene rings is 3. The number of nitro benzene ring substituents is 2. The van der Waals surface area contributed by atoms with Gasteiger partial charge in [-0.2, -0.15) is 0 Å². The molecular formula is C24H24N2O6. The molecule has 0 bridgehead atoms. The standard InChI is InChI=1S/C24H24N2O6/c1-23(2,17-8-10-21(27)19(13-17)25(29)30)15-6-5-7-16(12-15)24(3,4)18-9-11-22(28)20(14-18)26(31)32/h5-14,27-28H,1-4H3. The molecule has 0 spiro atoms. The van der Waals surface area contributed by atoms with Gasteiger partial charge in [0.15, 0.2) is 11.5 Å². The molecule has 0 aliphatic heterocycles. The van der Waals surface area contributed by atoms with Crippen LogP contribution in [0.1, 0.15) is 49.9 Å². The smallest absolute Gasteiger partial charge is 0.310 e. The lowest BCUT2D eigenvalue weighted by molar-refractivity contribution is -0.386. The zero-order chi connectivity index (χ0) is 23.8. The molecule has 166 valence electrons. The number of hydrogen-bond acceptors (Lipinski definition) is 6. The molecule has 8 nitrogen and oxygen atoms in total. The van der Waals surface area contributed by atoms with Crippen molar-refractivity contribution in [1.82, 2.24) is 0 Å². The number of hydrogen-bond donors (Lipinski definition) is 2. The number of nitro groups is 2. The van der Waals surface area contributed by atoms with Crippen molar-refractivity contribution in [2.24, 2.45) is 0 Å². The molecule has 3 aromatic carbocycles. The second-order valence-corrected chi connectivity index (χ2v) is 8.75. The summed E-state index contributed by atoms with van der Waals surface area (Å²) in [5.74, 6) is -0.781. The maximum Gasteiger partial charge on any atom is 0.310 e. The summed E-state index contributed by atoms with van der Waals surface area (Å²) in [5, 5.41) is 42.1. The van der Waals surface area contributed by atoms with E-state index in [2.05, 4.69) is 0 Å². The first-order valence-electron chi connectivity index (χ1n) is 9.92. The van der Waals surface area contributed by atoms with E-state index < -0.39 is 32.2 Å². The van der Waals surface area contributed by atoms with E-state index in [9.17, 15) is 30.4 Å². The summed E-state index contributed by atoms with van der Waals surface area (Å²) >= 11 is 0. The summed E-state index contributed by atoms with van der Waals surface area (Å²) < 4.78 is 0. The maximum atomic E-state index is 11.3. The van der Waals surface area contributed by atoms with Gasteiger partial charge in [-0.3, -0.25) is 20.2 Å². The molecule has 0 fully saturated rings. The van der Waals surface area contributed by atoms with Gasteiger partial charge in [-0.05, 0) is 34.4 Å². The van der Waals surface area contributed by atoms with Crippen molar-refractivity contribution < 1.29 is 20.1 Å². The molecule has 0 heterocycles. The summed E-state index contributed by atoms with van der Waals surface area (Å²) in [5.41, 5.74) is 1.14. The van der Waals surface area contributed by atoms with Crippen molar-refractivity contribution in [3.8, 4) is 11.5 Å². The lowest BCUT2D eigenvalue weighted by Crippen LogP contribution is -2.23. The van der Waals surface area contributed by atoms with Crippen molar-refractivity contribution in [1.29, 1.82) is 0 Å². The molecule has 0 atom stereocenters.